The van der Waals surface area contributed by atoms with Gasteiger partial charge in [-0.3, -0.25) is 4.98 Å². The second-order valence-corrected chi connectivity index (χ2v) is 3.59. The first-order chi connectivity index (χ1) is 8.80. The first-order valence-electron chi connectivity index (χ1n) is 5.37. The fraction of sp³-hybridized carbons (Fsp3) is 0.143. The van der Waals surface area contributed by atoms with Gasteiger partial charge in [0.1, 0.15) is 6.07 Å². The molecule has 18 heavy (non-hydrogen) atoms. The molecule has 0 aliphatic heterocycles. The molecule has 2 aromatic rings. The molecule has 0 spiro atoms. The molecule has 1 aromatic carbocycles. The van der Waals surface area contributed by atoms with E-state index in [4.69, 9.17) is 14.7 Å². The van der Waals surface area contributed by atoms with Crippen molar-refractivity contribution in [2.24, 2.45) is 0 Å². The summed E-state index contributed by atoms with van der Waals surface area (Å²) < 4.78 is 10.4. The van der Waals surface area contributed by atoms with Crippen LogP contribution in [0.1, 0.15) is 5.56 Å². The minimum absolute atomic E-state index is 0.428. The fourth-order valence-electron chi connectivity index (χ4n) is 1.73. The highest BCUT2D eigenvalue weighted by molar-refractivity contribution is 5.68. The van der Waals surface area contributed by atoms with Crippen LogP contribution >= 0.6 is 0 Å². The Morgan fingerprint density at radius 3 is 2.56 bits per heavy atom. The third-order valence-corrected chi connectivity index (χ3v) is 2.56. The Balaban J connectivity index is 2.62. The molecule has 0 aliphatic rings. The number of nitriles is 1. The predicted octanol–water partition coefficient (Wildman–Crippen LogP) is 2.64. The summed E-state index contributed by atoms with van der Waals surface area (Å²) in [6.45, 7) is 0. The maximum atomic E-state index is 9.13. The van der Waals surface area contributed by atoms with Crippen molar-refractivity contribution in [1.82, 2.24) is 4.98 Å². The van der Waals surface area contributed by atoms with Gasteiger partial charge in [-0.2, -0.15) is 5.26 Å². The first kappa shape index (κ1) is 11.9. The van der Waals surface area contributed by atoms with E-state index in [0.29, 0.717) is 17.1 Å². The van der Waals surface area contributed by atoms with Gasteiger partial charge in [0.05, 0.1) is 25.5 Å². The van der Waals surface area contributed by atoms with Crippen molar-refractivity contribution in [2.45, 2.75) is 0 Å². The Labute approximate surface area is 105 Å². The Hall–Kier alpha value is -2.54. The number of hydrogen-bond acceptors (Lipinski definition) is 4. The number of aromatic nitrogens is 1. The Morgan fingerprint density at radius 2 is 2.00 bits per heavy atom. The molecule has 1 aromatic heterocycles. The molecule has 1 heterocycles. The minimum Gasteiger partial charge on any atom is -0.493 e. The van der Waals surface area contributed by atoms with Gasteiger partial charge in [0.15, 0.2) is 11.5 Å². The van der Waals surface area contributed by atoms with Gasteiger partial charge < -0.3 is 9.47 Å². The van der Waals surface area contributed by atoms with Gasteiger partial charge in [-0.1, -0.05) is 6.07 Å². The van der Waals surface area contributed by atoms with E-state index in [1.165, 1.54) is 7.11 Å². The van der Waals surface area contributed by atoms with Crippen molar-refractivity contribution in [3.05, 3.63) is 42.1 Å². The third kappa shape index (κ3) is 2.11. The quantitative estimate of drug-likeness (QED) is 0.827. The van der Waals surface area contributed by atoms with Crippen LogP contribution in [0, 0.1) is 11.3 Å². The molecule has 4 heteroatoms. The molecule has 0 fully saturated rings. The van der Waals surface area contributed by atoms with E-state index in [0.717, 1.165) is 11.3 Å². The van der Waals surface area contributed by atoms with Crippen molar-refractivity contribution >= 4 is 0 Å². The Morgan fingerprint density at radius 1 is 1.17 bits per heavy atom. The van der Waals surface area contributed by atoms with Crippen molar-refractivity contribution < 1.29 is 9.47 Å². The lowest BCUT2D eigenvalue weighted by Gasteiger charge is -2.11. The van der Waals surface area contributed by atoms with Crippen LogP contribution in [-0.4, -0.2) is 19.2 Å². The largest absolute Gasteiger partial charge is 0.493 e. The van der Waals surface area contributed by atoms with E-state index in [1.54, 1.807) is 19.4 Å². The van der Waals surface area contributed by atoms with Crippen LogP contribution < -0.4 is 9.47 Å². The molecule has 0 saturated heterocycles. The number of methoxy groups -OCH3 is 2. The van der Waals surface area contributed by atoms with Crippen molar-refractivity contribution in [3.63, 3.8) is 0 Å². The van der Waals surface area contributed by atoms with E-state index >= 15 is 0 Å². The average molecular weight is 240 g/mol. The molecule has 0 amide bonds. The zero-order valence-electron chi connectivity index (χ0n) is 10.2. The average Bonchev–Trinajstić information content (AvgIpc) is 2.46. The standard InChI is InChI=1S/C14H12N2O2/c1-17-13-8-10(12-5-3-4-6-16-12)7-11(9-15)14(13)18-2/h3-8H,1-2H3. The van der Waals surface area contributed by atoms with Gasteiger partial charge >= 0.3 is 0 Å². The van der Waals surface area contributed by atoms with Crippen molar-refractivity contribution in [1.29, 1.82) is 5.26 Å². The van der Waals surface area contributed by atoms with Crippen LogP contribution in [-0.2, 0) is 0 Å². The van der Waals surface area contributed by atoms with Crippen LogP contribution in [0.2, 0.25) is 0 Å². The van der Waals surface area contributed by atoms with E-state index in [-0.39, 0.29) is 0 Å². The van der Waals surface area contributed by atoms with Crippen molar-refractivity contribution in [2.75, 3.05) is 14.2 Å². The monoisotopic (exact) mass is 240 g/mol. The zero-order valence-corrected chi connectivity index (χ0v) is 10.2. The van der Waals surface area contributed by atoms with Gasteiger partial charge in [0.2, 0.25) is 0 Å². The highest BCUT2D eigenvalue weighted by Crippen LogP contribution is 2.35. The van der Waals surface area contributed by atoms with Crippen molar-refractivity contribution in [3.8, 4) is 28.8 Å². The zero-order chi connectivity index (χ0) is 13.0. The number of rotatable bonds is 3. The van der Waals surface area contributed by atoms with Crippen LogP contribution in [0.15, 0.2) is 36.5 Å². The second-order valence-electron chi connectivity index (χ2n) is 3.59. The maximum absolute atomic E-state index is 9.13. The SMILES string of the molecule is COc1cc(-c2ccccn2)cc(C#N)c1OC. The van der Waals surface area contributed by atoms with Crippen LogP contribution in [0.25, 0.3) is 11.3 Å². The first-order valence-corrected chi connectivity index (χ1v) is 5.37. The number of benzene rings is 1. The van der Waals surface area contributed by atoms with E-state index < -0.39 is 0 Å². The summed E-state index contributed by atoms with van der Waals surface area (Å²) in [5, 5.41) is 9.13. The maximum Gasteiger partial charge on any atom is 0.178 e. The third-order valence-electron chi connectivity index (χ3n) is 2.56. The lowest BCUT2D eigenvalue weighted by atomic mass is 10.1. The van der Waals surface area contributed by atoms with Gasteiger partial charge in [0.25, 0.3) is 0 Å². The van der Waals surface area contributed by atoms with Gasteiger partial charge in [-0.15, -0.1) is 0 Å². The molecule has 2 rings (SSSR count). The highest BCUT2D eigenvalue weighted by atomic mass is 16.5. The van der Waals surface area contributed by atoms with Crippen LogP contribution in [0.3, 0.4) is 0 Å². The molecule has 0 radical (unpaired) electrons. The number of ether oxygens (including phenoxy) is 2. The molecular weight excluding hydrogens is 228 g/mol. The number of nitrogens with zero attached hydrogens (tertiary/aromatic N) is 2. The summed E-state index contributed by atoms with van der Waals surface area (Å²) in [7, 11) is 3.06. The van der Waals surface area contributed by atoms with Crippen LogP contribution in [0.5, 0.6) is 11.5 Å². The lowest BCUT2D eigenvalue weighted by molar-refractivity contribution is 0.354. The molecule has 4 nitrogen and oxygen atoms in total. The predicted molar refractivity (Wildman–Crippen MR) is 67.5 cm³/mol. The molecule has 0 N–H and O–H groups in total. The van der Waals surface area contributed by atoms with E-state index in [9.17, 15) is 0 Å². The molecule has 0 atom stereocenters. The summed E-state index contributed by atoms with van der Waals surface area (Å²) in [6.07, 6.45) is 1.71. The van der Waals surface area contributed by atoms with Gasteiger partial charge in [-0.05, 0) is 24.3 Å². The fourth-order valence-corrected chi connectivity index (χ4v) is 1.73. The molecular formula is C14H12N2O2. The summed E-state index contributed by atoms with van der Waals surface area (Å²) in [4.78, 5) is 4.25. The van der Waals surface area contributed by atoms with Gasteiger partial charge in [0, 0.05) is 11.8 Å². The van der Waals surface area contributed by atoms with Gasteiger partial charge in [-0.25, -0.2) is 0 Å². The smallest absolute Gasteiger partial charge is 0.178 e. The Kier molecular flexibility index (Phi) is 3.44. The second kappa shape index (κ2) is 5.19. The van der Waals surface area contributed by atoms with E-state index in [1.807, 2.05) is 24.3 Å². The number of hydrogen-bond donors (Lipinski definition) is 0. The minimum atomic E-state index is 0.428. The molecule has 90 valence electrons. The highest BCUT2D eigenvalue weighted by Gasteiger charge is 2.13. The topological polar surface area (TPSA) is 55.1 Å². The molecule has 0 unspecified atom stereocenters. The number of pyridine rings is 1. The summed E-state index contributed by atoms with van der Waals surface area (Å²) in [5.74, 6) is 0.969. The molecule has 0 aliphatic carbocycles. The van der Waals surface area contributed by atoms with Crippen LogP contribution in [0.4, 0.5) is 0 Å². The summed E-state index contributed by atoms with van der Waals surface area (Å²) >= 11 is 0. The Bertz CT molecular complexity index is 589. The lowest BCUT2D eigenvalue weighted by Crippen LogP contribution is -1.95. The summed E-state index contributed by atoms with van der Waals surface area (Å²) in [5.41, 5.74) is 2.04. The van der Waals surface area contributed by atoms with E-state index in [2.05, 4.69) is 11.1 Å². The normalized spacial score (nSPS) is 9.61. The summed E-state index contributed by atoms with van der Waals surface area (Å²) in [6, 6.07) is 11.3. The molecule has 0 bridgehead atoms. The molecule has 0 saturated carbocycles.